The highest BCUT2D eigenvalue weighted by Crippen LogP contribution is 2.41. The first kappa shape index (κ1) is 16.5. The lowest BCUT2D eigenvalue weighted by atomic mass is 9.96. The van der Waals surface area contributed by atoms with Crippen molar-refractivity contribution in [3.05, 3.63) is 0 Å². The van der Waals surface area contributed by atoms with E-state index in [0.717, 1.165) is 28.7 Å². The molecule has 21 heavy (non-hydrogen) atoms. The van der Waals surface area contributed by atoms with Gasteiger partial charge in [0.1, 0.15) is 0 Å². The first-order chi connectivity index (χ1) is 9.82. The summed E-state index contributed by atoms with van der Waals surface area (Å²) in [6.07, 6.45) is 2.50. The smallest absolute Gasteiger partial charge is 0.237 e. The van der Waals surface area contributed by atoms with Crippen molar-refractivity contribution in [1.82, 2.24) is 15.5 Å². The molecule has 2 unspecified atom stereocenters. The Morgan fingerprint density at radius 1 is 1.52 bits per heavy atom. The Morgan fingerprint density at radius 2 is 2.24 bits per heavy atom. The number of primary amides is 1. The molecule has 1 saturated carbocycles. The average Bonchev–Trinajstić information content (AvgIpc) is 2.97. The zero-order valence-corrected chi connectivity index (χ0v) is 14.6. The maximum atomic E-state index is 11.9. The molecule has 2 rings (SSSR count). The molecule has 0 aromatic carbocycles. The van der Waals surface area contributed by atoms with Gasteiger partial charge in [-0.25, -0.2) is 0 Å². The first-order valence-corrected chi connectivity index (χ1v) is 8.77. The number of hydrogen-bond acceptors (Lipinski definition) is 7. The number of rotatable bonds is 6. The molecule has 0 aliphatic heterocycles. The normalized spacial score (nSPS) is 25.5. The van der Waals surface area contributed by atoms with E-state index in [2.05, 4.69) is 15.5 Å². The van der Waals surface area contributed by atoms with Crippen LogP contribution in [0.15, 0.2) is 4.34 Å². The van der Waals surface area contributed by atoms with Crippen LogP contribution in [0.5, 0.6) is 0 Å². The van der Waals surface area contributed by atoms with E-state index in [9.17, 15) is 4.79 Å². The van der Waals surface area contributed by atoms with Gasteiger partial charge in [-0.1, -0.05) is 23.1 Å². The number of nitrogens with one attached hydrogen (secondary N) is 1. The molecule has 0 bridgehead atoms. The molecule has 0 radical (unpaired) electrons. The minimum absolute atomic E-state index is 0.239. The van der Waals surface area contributed by atoms with Crippen molar-refractivity contribution in [3.8, 4) is 0 Å². The van der Waals surface area contributed by atoms with Gasteiger partial charge in [0.2, 0.25) is 11.0 Å². The number of anilines is 1. The molecule has 0 spiro atoms. The van der Waals surface area contributed by atoms with Crippen LogP contribution in [0.4, 0.5) is 5.13 Å². The third-order valence-electron chi connectivity index (χ3n) is 3.55. The molecule has 1 fully saturated rings. The van der Waals surface area contributed by atoms with Gasteiger partial charge in [-0.2, -0.15) is 0 Å². The molecule has 3 N–H and O–H groups in total. The molecule has 118 valence electrons. The van der Waals surface area contributed by atoms with Gasteiger partial charge in [0.25, 0.3) is 0 Å². The molecule has 1 aromatic rings. The third-order valence-corrected chi connectivity index (χ3v) is 6.00. The summed E-state index contributed by atoms with van der Waals surface area (Å²) in [6, 6.07) is 0.239. The molecule has 6 nitrogen and oxygen atoms in total. The number of carbonyl (C=O) groups excluding carboxylic acids is 1. The van der Waals surface area contributed by atoms with Crippen LogP contribution >= 0.6 is 23.1 Å². The van der Waals surface area contributed by atoms with E-state index >= 15 is 0 Å². The van der Waals surface area contributed by atoms with Gasteiger partial charge in [-0.15, -0.1) is 10.2 Å². The number of carbonyl (C=O) groups is 1. The lowest BCUT2D eigenvalue weighted by Gasteiger charge is -2.29. The Morgan fingerprint density at radius 3 is 2.76 bits per heavy atom. The Hall–Kier alpha value is -0.860. The maximum absolute atomic E-state index is 11.9. The minimum atomic E-state index is -0.569. The SMILES string of the molecule is CC(C)NC1(C(N)=O)CCC(Sc2nnc(N(C)C)s2)C1. The molecule has 1 aromatic heterocycles. The predicted molar refractivity (Wildman–Crippen MR) is 87.9 cm³/mol. The van der Waals surface area contributed by atoms with Crippen LogP contribution in [0.3, 0.4) is 0 Å². The number of hydrogen-bond donors (Lipinski definition) is 2. The first-order valence-electron chi connectivity index (χ1n) is 7.07. The van der Waals surface area contributed by atoms with Gasteiger partial charge >= 0.3 is 0 Å². The van der Waals surface area contributed by atoms with Gasteiger partial charge in [0, 0.05) is 25.4 Å². The highest BCUT2D eigenvalue weighted by Gasteiger charge is 2.44. The van der Waals surface area contributed by atoms with E-state index in [1.807, 2.05) is 32.8 Å². The van der Waals surface area contributed by atoms with Crippen molar-refractivity contribution >= 4 is 34.1 Å². The lowest BCUT2D eigenvalue weighted by molar-refractivity contribution is -0.124. The number of nitrogens with zero attached hydrogens (tertiary/aromatic N) is 3. The second kappa shape index (κ2) is 6.50. The van der Waals surface area contributed by atoms with Crippen LogP contribution in [0.1, 0.15) is 33.1 Å². The summed E-state index contributed by atoms with van der Waals surface area (Å²) >= 11 is 3.29. The van der Waals surface area contributed by atoms with Crippen molar-refractivity contribution in [2.24, 2.45) is 5.73 Å². The standard InChI is InChI=1S/C13H23N5OS2/c1-8(2)15-13(10(14)19)6-5-9(7-13)20-12-17-16-11(21-12)18(3)4/h8-9,15H,5-7H2,1-4H3,(H2,14,19). The van der Waals surface area contributed by atoms with Crippen LogP contribution in [0.2, 0.25) is 0 Å². The van der Waals surface area contributed by atoms with E-state index < -0.39 is 5.54 Å². The van der Waals surface area contributed by atoms with E-state index in [1.165, 1.54) is 0 Å². The van der Waals surface area contributed by atoms with E-state index in [4.69, 9.17) is 5.73 Å². The van der Waals surface area contributed by atoms with Gasteiger partial charge in [0.05, 0.1) is 5.54 Å². The fraction of sp³-hybridized carbons (Fsp3) is 0.769. The quantitative estimate of drug-likeness (QED) is 0.822. The third kappa shape index (κ3) is 3.87. The minimum Gasteiger partial charge on any atom is -0.368 e. The fourth-order valence-corrected chi connectivity index (χ4v) is 4.96. The molecule has 8 heteroatoms. The van der Waals surface area contributed by atoms with E-state index in [-0.39, 0.29) is 11.9 Å². The second-order valence-electron chi connectivity index (χ2n) is 5.97. The Balaban J connectivity index is 2.01. The molecular formula is C13H23N5OS2. The summed E-state index contributed by atoms with van der Waals surface area (Å²) in [5.74, 6) is -0.245. The maximum Gasteiger partial charge on any atom is 0.237 e. The molecule has 2 atom stereocenters. The second-order valence-corrected chi connectivity index (χ2v) is 8.48. The summed E-state index contributed by atoms with van der Waals surface area (Å²) < 4.78 is 0.952. The van der Waals surface area contributed by atoms with Gasteiger partial charge in [-0.05, 0) is 33.1 Å². The Kier molecular flexibility index (Phi) is 5.11. The van der Waals surface area contributed by atoms with Crippen molar-refractivity contribution < 1.29 is 4.79 Å². The lowest BCUT2D eigenvalue weighted by Crippen LogP contribution is -2.56. The molecule has 1 aliphatic rings. The Labute approximate surface area is 133 Å². The summed E-state index contributed by atoms with van der Waals surface area (Å²) in [7, 11) is 3.91. The highest BCUT2D eigenvalue weighted by atomic mass is 32.2. The zero-order chi connectivity index (χ0) is 15.6. The van der Waals surface area contributed by atoms with Crippen molar-refractivity contribution in [1.29, 1.82) is 0 Å². The summed E-state index contributed by atoms with van der Waals surface area (Å²) in [6.45, 7) is 4.08. The molecule has 1 amide bonds. The van der Waals surface area contributed by atoms with Gasteiger partial charge in [-0.3, -0.25) is 4.79 Å². The van der Waals surface area contributed by atoms with Crippen LogP contribution in [-0.4, -0.2) is 47.0 Å². The van der Waals surface area contributed by atoms with E-state index in [1.54, 1.807) is 23.1 Å². The zero-order valence-electron chi connectivity index (χ0n) is 12.9. The molecule has 0 saturated heterocycles. The predicted octanol–water partition coefficient (Wildman–Crippen LogP) is 1.47. The average molecular weight is 329 g/mol. The summed E-state index contributed by atoms with van der Waals surface area (Å²) in [5.41, 5.74) is 5.07. The van der Waals surface area contributed by atoms with E-state index in [0.29, 0.717) is 5.25 Å². The van der Waals surface area contributed by atoms with Crippen LogP contribution in [0, 0.1) is 0 Å². The largest absolute Gasteiger partial charge is 0.368 e. The highest BCUT2D eigenvalue weighted by molar-refractivity contribution is 8.01. The topological polar surface area (TPSA) is 84.1 Å². The summed E-state index contributed by atoms with van der Waals surface area (Å²) in [5, 5.41) is 13.0. The number of nitrogens with two attached hydrogens (primary N) is 1. The Bertz CT molecular complexity index is 505. The van der Waals surface area contributed by atoms with Crippen molar-refractivity contribution in [2.45, 2.75) is 54.3 Å². The van der Waals surface area contributed by atoms with Crippen LogP contribution in [-0.2, 0) is 4.79 Å². The monoisotopic (exact) mass is 329 g/mol. The molecular weight excluding hydrogens is 306 g/mol. The molecule has 1 aliphatic carbocycles. The number of aromatic nitrogens is 2. The van der Waals surface area contributed by atoms with Gasteiger partial charge in [0.15, 0.2) is 4.34 Å². The molecule has 1 heterocycles. The van der Waals surface area contributed by atoms with Crippen LogP contribution in [0.25, 0.3) is 0 Å². The number of thioether (sulfide) groups is 1. The van der Waals surface area contributed by atoms with Crippen molar-refractivity contribution in [3.63, 3.8) is 0 Å². The van der Waals surface area contributed by atoms with Crippen molar-refractivity contribution in [2.75, 3.05) is 19.0 Å². The summed E-state index contributed by atoms with van der Waals surface area (Å²) in [4.78, 5) is 13.8. The van der Waals surface area contributed by atoms with Gasteiger partial charge < -0.3 is 16.0 Å². The number of amides is 1. The fourth-order valence-electron chi connectivity index (χ4n) is 2.65. The van der Waals surface area contributed by atoms with Crippen LogP contribution < -0.4 is 16.0 Å².